The van der Waals surface area contributed by atoms with Crippen molar-refractivity contribution in [2.45, 2.75) is 25.4 Å². The van der Waals surface area contributed by atoms with E-state index in [-0.39, 0.29) is 0 Å². The number of nitrogens with one attached hydrogen (secondary N) is 1. The molecule has 4 nitrogen and oxygen atoms in total. The molecule has 0 radical (unpaired) electrons. The van der Waals surface area contributed by atoms with Gasteiger partial charge in [0.05, 0.1) is 0 Å². The number of hydrogen-bond acceptors (Lipinski definition) is 4. The number of piperidine rings is 1. The highest BCUT2D eigenvalue weighted by molar-refractivity contribution is 5.43. The van der Waals surface area contributed by atoms with Gasteiger partial charge in [0.2, 0.25) is 0 Å². The van der Waals surface area contributed by atoms with Gasteiger partial charge in [-0.25, -0.2) is 0 Å². The summed E-state index contributed by atoms with van der Waals surface area (Å²) in [6.07, 6.45) is 2.56. The summed E-state index contributed by atoms with van der Waals surface area (Å²) in [6.45, 7) is 4.57. The minimum Gasteiger partial charge on any atom is -0.486 e. The molecule has 1 atom stereocenters. The number of ether oxygens (including phenoxy) is 2. The van der Waals surface area contributed by atoms with Crippen LogP contribution in [0.2, 0.25) is 0 Å². The predicted molar refractivity (Wildman–Crippen MR) is 74.8 cm³/mol. The zero-order chi connectivity index (χ0) is 13.1. The Morgan fingerprint density at radius 1 is 1.26 bits per heavy atom. The Hall–Kier alpha value is -1.26. The van der Waals surface area contributed by atoms with Gasteiger partial charge in [0.25, 0.3) is 0 Å². The first kappa shape index (κ1) is 12.8. The molecular formula is C15H22N2O2. The van der Waals surface area contributed by atoms with Crippen LogP contribution < -0.4 is 14.8 Å². The fraction of sp³-hybridized carbons (Fsp3) is 0.600. The molecule has 1 aromatic carbocycles. The van der Waals surface area contributed by atoms with E-state index in [1.165, 1.54) is 24.9 Å². The Morgan fingerprint density at radius 2 is 2.11 bits per heavy atom. The number of likely N-dealkylation sites (N-methyl/N-ethyl adjacent to an activating group) is 1. The van der Waals surface area contributed by atoms with Crippen LogP contribution in [0.4, 0.5) is 0 Å². The average molecular weight is 262 g/mol. The Labute approximate surface area is 114 Å². The molecule has 2 heterocycles. The van der Waals surface area contributed by atoms with E-state index < -0.39 is 0 Å². The molecule has 0 aromatic heterocycles. The third kappa shape index (κ3) is 3.19. The van der Waals surface area contributed by atoms with Gasteiger partial charge in [-0.05, 0) is 44.1 Å². The van der Waals surface area contributed by atoms with Crippen LogP contribution >= 0.6 is 0 Å². The highest BCUT2D eigenvalue weighted by atomic mass is 16.6. The average Bonchev–Trinajstić information content (AvgIpc) is 2.45. The first-order valence-electron chi connectivity index (χ1n) is 7.12. The van der Waals surface area contributed by atoms with Crippen molar-refractivity contribution in [3.05, 3.63) is 23.8 Å². The molecular weight excluding hydrogens is 240 g/mol. The molecule has 1 unspecified atom stereocenters. The molecule has 0 amide bonds. The van der Waals surface area contributed by atoms with Gasteiger partial charge in [-0.2, -0.15) is 0 Å². The van der Waals surface area contributed by atoms with Crippen molar-refractivity contribution in [2.75, 3.05) is 33.4 Å². The molecule has 104 valence electrons. The van der Waals surface area contributed by atoms with Crippen LogP contribution in [0.1, 0.15) is 18.4 Å². The van der Waals surface area contributed by atoms with Gasteiger partial charge in [-0.3, -0.25) is 0 Å². The second-order valence-corrected chi connectivity index (χ2v) is 5.46. The molecule has 1 fully saturated rings. The van der Waals surface area contributed by atoms with Crippen LogP contribution in [0, 0.1) is 0 Å². The number of likely N-dealkylation sites (tertiary alicyclic amines) is 1. The Balaban J connectivity index is 1.57. The molecule has 0 aliphatic carbocycles. The van der Waals surface area contributed by atoms with E-state index in [0.29, 0.717) is 19.3 Å². The molecule has 2 aliphatic heterocycles. The lowest BCUT2D eigenvalue weighted by molar-refractivity contribution is 0.171. The van der Waals surface area contributed by atoms with E-state index in [4.69, 9.17) is 9.47 Å². The van der Waals surface area contributed by atoms with E-state index in [1.54, 1.807) is 0 Å². The molecule has 19 heavy (non-hydrogen) atoms. The van der Waals surface area contributed by atoms with E-state index in [1.807, 2.05) is 6.07 Å². The van der Waals surface area contributed by atoms with Crippen LogP contribution in [-0.4, -0.2) is 44.3 Å². The summed E-state index contributed by atoms with van der Waals surface area (Å²) < 4.78 is 11.1. The monoisotopic (exact) mass is 262 g/mol. The molecule has 3 rings (SSSR count). The molecule has 1 N–H and O–H groups in total. The first-order valence-corrected chi connectivity index (χ1v) is 7.12. The highest BCUT2D eigenvalue weighted by Crippen LogP contribution is 2.30. The Morgan fingerprint density at radius 3 is 2.95 bits per heavy atom. The summed E-state index contributed by atoms with van der Waals surface area (Å²) in [5.74, 6) is 1.75. The number of fused-ring (bicyclic) bond motifs is 1. The summed E-state index contributed by atoms with van der Waals surface area (Å²) in [5.41, 5.74) is 1.26. The summed E-state index contributed by atoms with van der Waals surface area (Å²) in [6, 6.07) is 6.83. The van der Waals surface area contributed by atoms with Crippen molar-refractivity contribution in [2.24, 2.45) is 0 Å². The second kappa shape index (κ2) is 5.80. The lowest BCUT2D eigenvalue weighted by Gasteiger charge is -2.30. The molecule has 0 bridgehead atoms. The Bertz CT molecular complexity index is 436. The SMILES string of the molecule is CN1CCCC(NCc2ccc3c(c2)OCCO3)C1. The standard InChI is InChI=1S/C15H22N2O2/c1-17-6-2-3-13(11-17)16-10-12-4-5-14-15(9-12)19-8-7-18-14/h4-5,9,13,16H,2-3,6-8,10-11H2,1H3. The third-order valence-corrected chi connectivity index (χ3v) is 3.83. The van der Waals surface area contributed by atoms with Crippen LogP contribution in [-0.2, 0) is 6.54 Å². The number of rotatable bonds is 3. The van der Waals surface area contributed by atoms with Gasteiger partial charge in [0.15, 0.2) is 11.5 Å². The minimum atomic E-state index is 0.604. The van der Waals surface area contributed by atoms with Crippen LogP contribution in [0.25, 0.3) is 0 Å². The molecule has 2 aliphatic rings. The summed E-state index contributed by atoms with van der Waals surface area (Å²) in [4.78, 5) is 2.39. The van der Waals surface area contributed by atoms with E-state index >= 15 is 0 Å². The highest BCUT2D eigenvalue weighted by Gasteiger charge is 2.17. The zero-order valence-electron chi connectivity index (χ0n) is 11.5. The summed E-state index contributed by atoms with van der Waals surface area (Å²) in [5, 5.41) is 3.64. The van der Waals surface area contributed by atoms with Gasteiger partial charge >= 0.3 is 0 Å². The van der Waals surface area contributed by atoms with Crippen molar-refractivity contribution in [1.82, 2.24) is 10.2 Å². The molecule has 0 spiro atoms. The molecule has 1 aromatic rings. The topological polar surface area (TPSA) is 33.7 Å². The van der Waals surface area contributed by atoms with Gasteiger partial charge in [-0.1, -0.05) is 6.07 Å². The largest absolute Gasteiger partial charge is 0.486 e. The van der Waals surface area contributed by atoms with Crippen molar-refractivity contribution < 1.29 is 9.47 Å². The van der Waals surface area contributed by atoms with Crippen molar-refractivity contribution >= 4 is 0 Å². The van der Waals surface area contributed by atoms with Gasteiger partial charge in [-0.15, -0.1) is 0 Å². The Kier molecular flexibility index (Phi) is 3.89. The maximum atomic E-state index is 5.61. The third-order valence-electron chi connectivity index (χ3n) is 3.83. The summed E-state index contributed by atoms with van der Waals surface area (Å²) in [7, 11) is 2.19. The number of hydrogen-bond donors (Lipinski definition) is 1. The molecule has 1 saturated heterocycles. The molecule has 4 heteroatoms. The number of benzene rings is 1. The van der Waals surface area contributed by atoms with E-state index in [2.05, 4.69) is 29.4 Å². The van der Waals surface area contributed by atoms with Crippen molar-refractivity contribution in [1.29, 1.82) is 0 Å². The normalized spacial score (nSPS) is 23.3. The quantitative estimate of drug-likeness (QED) is 0.898. The maximum absolute atomic E-state index is 5.61. The summed E-state index contributed by atoms with van der Waals surface area (Å²) >= 11 is 0. The van der Waals surface area contributed by atoms with Crippen LogP contribution in [0.15, 0.2) is 18.2 Å². The first-order chi connectivity index (χ1) is 9.31. The predicted octanol–water partition coefficient (Wildman–Crippen LogP) is 1.64. The van der Waals surface area contributed by atoms with Crippen LogP contribution in [0.3, 0.4) is 0 Å². The van der Waals surface area contributed by atoms with Crippen molar-refractivity contribution in [3.63, 3.8) is 0 Å². The molecule has 0 saturated carbocycles. The lowest BCUT2D eigenvalue weighted by Crippen LogP contribution is -2.43. The van der Waals surface area contributed by atoms with Crippen LogP contribution in [0.5, 0.6) is 11.5 Å². The smallest absolute Gasteiger partial charge is 0.161 e. The fourth-order valence-electron chi connectivity index (χ4n) is 2.79. The van der Waals surface area contributed by atoms with E-state index in [9.17, 15) is 0 Å². The minimum absolute atomic E-state index is 0.604. The zero-order valence-corrected chi connectivity index (χ0v) is 11.5. The fourth-order valence-corrected chi connectivity index (χ4v) is 2.79. The number of nitrogens with zero attached hydrogens (tertiary/aromatic N) is 1. The maximum Gasteiger partial charge on any atom is 0.161 e. The van der Waals surface area contributed by atoms with Gasteiger partial charge in [0.1, 0.15) is 13.2 Å². The van der Waals surface area contributed by atoms with E-state index in [0.717, 1.165) is 24.6 Å². The van der Waals surface area contributed by atoms with Gasteiger partial charge in [0, 0.05) is 19.1 Å². The van der Waals surface area contributed by atoms with Crippen molar-refractivity contribution in [3.8, 4) is 11.5 Å². The second-order valence-electron chi connectivity index (χ2n) is 5.46. The van der Waals surface area contributed by atoms with Gasteiger partial charge < -0.3 is 19.7 Å². The lowest BCUT2D eigenvalue weighted by atomic mass is 10.1.